The number of benzene rings is 1. The molecule has 0 radical (unpaired) electrons. The molecule has 1 heterocycles. The first-order valence-electron chi connectivity index (χ1n) is 5.95. The minimum Gasteiger partial charge on any atom is -0.487 e. The van der Waals surface area contributed by atoms with Crippen LogP contribution in [0.25, 0.3) is 0 Å². The molecular weight excluding hydrogens is 226 g/mol. The predicted octanol–water partition coefficient (Wildman–Crippen LogP) is 2.77. The van der Waals surface area contributed by atoms with Gasteiger partial charge in [-0.1, -0.05) is 23.8 Å². The molecule has 0 aliphatic heterocycles. The van der Waals surface area contributed by atoms with Crippen LogP contribution in [-0.4, -0.2) is 10.1 Å². The Morgan fingerprint density at radius 2 is 2.00 bits per heavy atom. The minimum absolute atomic E-state index is 0.0156. The van der Waals surface area contributed by atoms with E-state index in [9.17, 15) is 5.11 Å². The highest BCUT2D eigenvalue weighted by Crippen LogP contribution is 2.21. The number of aliphatic hydroxyl groups is 1. The summed E-state index contributed by atoms with van der Waals surface area (Å²) in [6.45, 7) is 4.34. The van der Waals surface area contributed by atoms with Crippen LogP contribution in [-0.2, 0) is 13.2 Å². The van der Waals surface area contributed by atoms with Crippen molar-refractivity contribution < 1.29 is 9.84 Å². The summed E-state index contributed by atoms with van der Waals surface area (Å²) in [7, 11) is 0. The Morgan fingerprint density at radius 1 is 1.17 bits per heavy atom. The van der Waals surface area contributed by atoms with Gasteiger partial charge in [0.15, 0.2) is 0 Å². The largest absolute Gasteiger partial charge is 0.487 e. The number of hydrogen-bond acceptors (Lipinski definition) is 3. The topological polar surface area (TPSA) is 42.4 Å². The van der Waals surface area contributed by atoms with E-state index in [4.69, 9.17) is 4.74 Å². The summed E-state index contributed by atoms with van der Waals surface area (Å²) in [4.78, 5) is 4.37. The second kappa shape index (κ2) is 5.65. The van der Waals surface area contributed by atoms with Crippen LogP contribution in [0.2, 0.25) is 0 Å². The van der Waals surface area contributed by atoms with Crippen molar-refractivity contribution in [2.24, 2.45) is 0 Å². The van der Waals surface area contributed by atoms with Crippen LogP contribution >= 0.6 is 0 Å². The SMILES string of the molecule is Cc1ccc(OCc2cccc(C)n2)c(CO)c1. The van der Waals surface area contributed by atoms with Crippen molar-refractivity contribution in [3.63, 3.8) is 0 Å². The number of hydrogen-bond donors (Lipinski definition) is 1. The van der Waals surface area contributed by atoms with Gasteiger partial charge in [0.05, 0.1) is 12.3 Å². The molecular formula is C15H17NO2. The summed E-state index contributed by atoms with van der Waals surface area (Å²) in [6, 6.07) is 11.6. The molecule has 0 unspecified atom stereocenters. The van der Waals surface area contributed by atoms with E-state index in [1.165, 1.54) is 0 Å². The lowest BCUT2D eigenvalue weighted by Crippen LogP contribution is -2.01. The maximum atomic E-state index is 9.29. The zero-order valence-corrected chi connectivity index (χ0v) is 10.7. The fraction of sp³-hybridized carbons (Fsp3) is 0.267. The number of aromatic nitrogens is 1. The molecule has 0 fully saturated rings. The third kappa shape index (κ3) is 3.08. The van der Waals surface area contributed by atoms with Gasteiger partial charge in [0, 0.05) is 11.3 Å². The monoisotopic (exact) mass is 243 g/mol. The molecule has 1 aromatic heterocycles. The van der Waals surface area contributed by atoms with E-state index in [-0.39, 0.29) is 6.61 Å². The molecule has 0 bridgehead atoms. The van der Waals surface area contributed by atoms with Crippen molar-refractivity contribution in [2.45, 2.75) is 27.1 Å². The molecule has 3 heteroatoms. The van der Waals surface area contributed by atoms with Crippen molar-refractivity contribution in [1.29, 1.82) is 0 Å². The Bertz CT molecular complexity index is 538. The van der Waals surface area contributed by atoms with Crippen LogP contribution in [0, 0.1) is 13.8 Å². The third-order valence-corrected chi connectivity index (χ3v) is 2.71. The average molecular weight is 243 g/mol. The van der Waals surface area contributed by atoms with Crippen LogP contribution < -0.4 is 4.74 Å². The third-order valence-electron chi connectivity index (χ3n) is 2.71. The van der Waals surface area contributed by atoms with Crippen LogP contribution in [0.15, 0.2) is 36.4 Å². The minimum atomic E-state index is -0.0156. The number of pyridine rings is 1. The summed E-state index contributed by atoms with van der Waals surface area (Å²) >= 11 is 0. The van der Waals surface area contributed by atoms with E-state index in [1.807, 2.05) is 50.2 Å². The van der Waals surface area contributed by atoms with Crippen LogP contribution in [0.3, 0.4) is 0 Å². The van der Waals surface area contributed by atoms with Crippen molar-refractivity contribution in [2.75, 3.05) is 0 Å². The van der Waals surface area contributed by atoms with Gasteiger partial charge in [-0.3, -0.25) is 4.98 Å². The van der Waals surface area contributed by atoms with Gasteiger partial charge in [-0.25, -0.2) is 0 Å². The summed E-state index contributed by atoms with van der Waals surface area (Å²) in [5, 5.41) is 9.29. The van der Waals surface area contributed by atoms with Crippen LogP contribution in [0.1, 0.15) is 22.5 Å². The second-order valence-corrected chi connectivity index (χ2v) is 4.33. The average Bonchev–Trinajstić information content (AvgIpc) is 2.37. The summed E-state index contributed by atoms with van der Waals surface area (Å²) < 4.78 is 5.70. The number of ether oxygens (including phenoxy) is 1. The van der Waals surface area contributed by atoms with Gasteiger partial charge in [0.25, 0.3) is 0 Å². The van der Waals surface area contributed by atoms with Gasteiger partial charge in [0.2, 0.25) is 0 Å². The van der Waals surface area contributed by atoms with Crippen molar-refractivity contribution >= 4 is 0 Å². The van der Waals surface area contributed by atoms with E-state index in [0.29, 0.717) is 12.4 Å². The van der Waals surface area contributed by atoms with E-state index < -0.39 is 0 Å². The molecule has 0 saturated heterocycles. The first-order chi connectivity index (χ1) is 8.69. The standard InChI is InChI=1S/C15H17NO2/c1-11-6-7-15(13(8-11)9-17)18-10-14-5-3-4-12(2)16-14/h3-8,17H,9-10H2,1-2H3. The normalized spacial score (nSPS) is 10.4. The summed E-state index contributed by atoms with van der Waals surface area (Å²) in [5.41, 5.74) is 3.78. The van der Waals surface area contributed by atoms with E-state index in [2.05, 4.69) is 4.98 Å². The Kier molecular flexibility index (Phi) is 3.95. The number of aliphatic hydroxyl groups excluding tert-OH is 1. The highest BCUT2D eigenvalue weighted by atomic mass is 16.5. The lowest BCUT2D eigenvalue weighted by atomic mass is 10.1. The quantitative estimate of drug-likeness (QED) is 0.897. The fourth-order valence-electron chi connectivity index (χ4n) is 1.80. The molecule has 3 nitrogen and oxygen atoms in total. The number of rotatable bonds is 4. The fourth-order valence-corrected chi connectivity index (χ4v) is 1.80. The first kappa shape index (κ1) is 12.6. The van der Waals surface area contributed by atoms with Crippen molar-refractivity contribution in [1.82, 2.24) is 4.98 Å². The van der Waals surface area contributed by atoms with Gasteiger partial charge in [0.1, 0.15) is 12.4 Å². The summed E-state index contributed by atoms with van der Waals surface area (Å²) in [6.07, 6.45) is 0. The zero-order chi connectivity index (χ0) is 13.0. The smallest absolute Gasteiger partial charge is 0.130 e. The molecule has 1 aromatic carbocycles. The number of nitrogens with zero attached hydrogens (tertiary/aromatic N) is 1. The van der Waals surface area contributed by atoms with Crippen molar-refractivity contribution in [3.8, 4) is 5.75 Å². The summed E-state index contributed by atoms with van der Waals surface area (Å²) in [5.74, 6) is 0.714. The molecule has 2 aromatic rings. The maximum absolute atomic E-state index is 9.29. The van der Waals surface area contributed by atoms with Gasteiger partial charge in [-0.05, 0) is 32.0 Å². The first-order valence-corrected chi connectivity index (χ1v) is 5.95. The Morgan fingerprint density at radius 3 is 2.72 bits per heavy atom. The van der Waals surface area contributed by atoms with Crippen molar-refractivity contribution in [3.05, 3.63) is 58.9 Å². The molecule has 0 spiro atoms. The molecule has 0 aliphatic carbocycles. The second-order valence-electron chi connectivity index (χ2n) is 4.33. The Hall–Kier alpha value is -1.87. The molecule has 0 atom stereocenters. The lowest BCUT2D eigenvalue weighted by Gasteiger charge is -2.10. The molecule has 0 aliphatic rings. The molecule has 0 amide bonds. The van der Waals surface area contributed by atoms with Gasteiger partial charge >= 0.3 is 0 Å². The van der Waals surface area contributed by atoms with E-state index >= 15 is 0 Å². The highest BCUT2D eigenvalue weighted by molar-refractivity contribution is 5.36. The predicted molar refractivity (Wildman–Crippen MR) is 70.4 cm³/mol. The van der Waals surface area contributed by atoms with E-state index in [1.54, 1.807) is 0 Å². The molecule has 0 saturated carbocycles. The molecule has 94 valence electrons. The Balaban J connectivity index is 2.10. The Labute approximate surface area is 107 Å². The molecule has 18 heavy (non-hydrogen) atoms. The maximum Gasteiger partial charge on any atom is 0.130 e. The van der Waals surface area contributed by atoms with E-state index in [0.717, 1.165) is 22.5 Å². The highest BCUT2D eigenvalue weighted by Gasteiger charge is 2.04. The molecule has 2 rings (SSSR count). The van der Waals surface area contributed by atoms with Gasteiger partial charge in [-0.2, -0.15) is 0 Å². The lowest BCUT2D eigenvalue weighted by molar-refractivity contribution is 0.257. The van der Waals surface area contributed by atoms with Gasteiger partial charge < -0.3 is 9.84 Å². The number of aryl methyl sites for hydroxylation is 2. The molecule has 1 N–H and O–H groups in total. The van der Waals surface area contributed by atoms with Crippen LogP contribution in [0.4, 0.5) is 0 Å². The zero-order valence-electron chi connectivity index (χ0n) is 10.7. The van der Waals surface area contributed by atoms with Gasteiger partial charge in [-0.15, -0.1) is 0 Å². The van der Waals surface area contributed by atoms with Crippen LogP contribution in [0.5, 0.6) is 5.75 Å².